The van der Waals surface area contributed by atoms with E-state index in [1.807, 2.05) is 0 Å². The SMILES string of the molecule is C=CCNC(=O)CNS(=O)(=O)c1ccc2c(c1)CC(=O)N2. The van der Waals surface area contributed by atoms with Gasteiger partial charge in [-0.25, -0.2) is 13.1 Å². The Hall–Kier alpha value is -2.19. The summed E-state index contributed by atoms with van der Waals surface area (Å²) < 4.78 is 26.4. The minimum Gasteiger partial charge on any atom is -0.352 e. The molecule has 0 saturated carbocycles. The Morgan fingerprint density at radius 1 is 1.43 bits per heavy atom. The second-order valence-electron chi connectivity index (χ2n) is 4.46. The van der Waals surface area contributed by atoms with Crippen LogP contribution in [0.1, 0.15) is 5.56 Å². The number of carbonyl (C=O) groups is 2. The number of hydrogen-bond acceptors (Lipinski definition) is 4. The molecule has 1 aromatic carbocycles. The highest BCUT2D eigenvalue weighted by molar-refractivity contribution is 7.89. The molecule has 7 nitrogen and oxygen atoms in total. The first-order valence-electron chi connectivity index (χ1n) is 6.22. The maximum absolute atomic E-state index is 12.1. The summed E-state index contributed by atoms with van der Waals surface area (Å²) in [5, 5.41) is 5.09. The van der Waals surface area contributed by atoms with E-state index in [1.165, 1.54) is 24.3 Å². The van der Waals surface area contributed by atoms with Crippen LogP contribution in [0.3, 0.4) is 0 Å². The lowest BCUT2D eigenvalue weighted by atomic mass is 10.2. The number of fused-ring (bicyclic) bond motifs is 1. The smallest absolute Gasteiger partial charge is 0.241 e. The van der Waals surface area contributed by atoms with Gasteiger partial charge in [-0.3, -0.25) is 9.59 Å². The van der Waals surface area contributed by atoms with Crippen molar-refractivity contribution in [1.82, 2.24) is 10.0 Å². The topological polar surface area (TPSA) is 104 Å². The van der Waals surface area contributed by atoms with Crippen LogP contribution < -0.4 is 15.4 Å². The van der Waals surface area contributed by atoms with Gasteiger partial charge in [-0.2, -0.15) is 0 Å². The van der Waals surface area contributed by atoms with Crippen LogP contribution in [0.15, 0.2) is 35.7 Å². The molecule has 0 spiro atoms. The lowest BCUT2D eigenvalue weighted by Crippen LogP contribution is -2.36. The third-order valence-electron chi connectivity index (χ3n) is 2.88. The van der Waals surface area contributed by atoms with Crippen molar-refractivity contribution in [1.29, 1.82) is 0 Å². The number of carbonyl (C=O) groups excluding carboxylic acids is 2. The van der Waals surface area contributed by atoms with E-state index in [2.05, 4.69) is 21.9 Å². The highest BCUT2D eigenvalue weighted by Crippen LogP contribution is 2.25. The Labute approximate surface area is 122 Å². The van der Waals surface area contributed by atoms with Gasteiger partial charge in [0.05, 0.1) is 17.9 Å². The highest BCUT2D eigenvalue weighted by atomic mass is 32.2. The van der Waals surface area contributed by atoms with Gasteiger partial charge in [0.25, 0.3) is 0 Å². The van der Waals surface area contributed by atoms with Gasteiger partial charge in [-0.05, 0) is 23.8 Å². The Bertz CT molecular complexity index is 697. The normalized spacial score (nSPS) is 13.4. The molecule has 112 valence electrons. The number of nitrogens with one attached hydrogen (secondary N) is 3. The molecule has 0 aromatic heterocycles. The van der Waals surface area contributed by atoms with E-state index >= 15 is 0 Å². The van der Waals surface area contributed by atoms with Crippen LogP contribution in [-0.2, 0) is 26.0 Å². The standard InChI is InChI=1S/C13H15N3O4S/c1-2-5-14-13(18)8-15-21(19,20)10-3-4-11-9(6-10)7-12(17)16-11/h2-4,6,15H,1,5,7-8H2,(H,14,18)(H,16,17). The summed E-state index contributed by atoms with van der Waals surface area (Å²) in [5.74, 6) is -0.618. The van der Waals surface area contributed by atoms with Crippen LogP contribution >= 0.6 is 0 Å². The molecule has 0 atom stereocenters. The molecule has 0 unspecified atom stereocenters. The van der Waals surface area contributed by atoms with Gasteiger partial charge in [0, 0.05) is 12.2 Å². The first-order valence-corrected chi connectivity index (χ1v) is 7.71. The molecule has 2 rings (SSSR count). The maximum atomic E-state index is 12.1. The molecule has 0 aliphatic carbocycles. The molecule has 0 radical (unpaired) electrons. The third-order valence-corrected chi connectivity index (χ3v) is 4.28. The van der Waals surface area contributed by atoms with Crippen molar-refractivity contribution >= 4 is 27.5 Å². The van der Waals surface area contributed by atoms with Crippen LogP contribution in [0.4, 0.5) is 5.69 Å². The molecular formula is C13H15N3O4S. The highest BCUT2D eigenvalue weighted by Gasteiger charge is 2.22. The number of rotatable bonds is 6. The number of hydrogen-bond donors (Lipinski definition) is 3. The summed E-state index contributed by atoms with van der Waals surface area (Å²) in [6.45, 7) is 3.36. The van der Waals surface area contributed by atoms with Crippen LogP contribution in [0.5, 0.6) is 0 Å². The summed E-state index contributed by atoms with van der Waals surface area (Å²) in [6, 6.07) is 4.35. The molecule has 0 bridgehead atoms. The minimum absolute atomic E-state index is 0.0225. The molecular weight excluding hydrogens is 294 g/mol. The molecule has 0 saturated heterocycles. The van der Waals surface area contributed by atoms with Crippen molar-refractivity contribution < 1.29 is 18.0 Å². The minimum atomic E-state index is -3.80. The molecule has 1 aromatic rings. The van der Waals surface area contributed by atoms with Gasteiger partial charge in [0.15, 0.2) is 0 Å². The average molecular weight is 309 g/mol. The van der Waals surface area contributed by atoms with Crippen LogP contribution in [0.25, 0.3) is 0 Å². The van der Waals surface area contributed by atoms with Gasteiger partial charge in [0.2, 0.25) is 21.8 Å². The Kier molecular flexibility index (Phi) is 4.39. The maximum Gasteiger partial charge on any atom is 0.241 e. The second kappa shape index (κ2) is 6.06. The van der Waals surface area contributed by atoms with E-state index in [4.69, 9.17) is 0 Å². The van der Waals surface area contributed by atoms with Gasteiger partial charge >= 0.3 is 0 Å². The fraction of sp³-hybridized carbons (Fsp3) is 0.231. The van der Waals surface area contributed by atoms with Gasteiger partial charge in [0.1, 0.15) is 0 Å². The first-order chi connectivity index (χ1) is 9.92. The zero-order valence-electron chi connectivity index (χ0n) is 11.2. The fourth-order valence-electron chi connectivity index (χ4n) is 1.87. The second-order valence-corrected chi connectivity index (χ2v) is 6.23. The Balaban J connectivity index is 2.07. The third kappa shape index (κ3) is 3.67. The quantitative estimate of drug-likeness (QED) is 0.631. The molecule has 1 aliphatic rings. The zero-order chi connectivity index (χ0) is 15.5. The van der Waals surface area contributed by atoms with Crippen molar-refractivity contribution in [2.75, 3.05) is 18.4 Å². The van der Waals surface area contributed by atoms with E-state index in [-0.39, 0.29) is 30.3 Å². The van der Waals surface area contributed by atoms with Crippen molar-refractivity contribution in [2.45, 2.75) is 11.3 Å². The molecule has 3 N–H and O–H groups in total. The lowest BCUT2D eigenvalue weighted by molar-refractivity contribution is -0.119. The van der Waals surface area contributed by atoms with E-state index in [1.54, 1.807) is 0 Å². The van der Waals surface area contributed by atoms with Gasteiger partial charge in [-0.1, -0.05) is 6.08 Å². The number of amides is 2. The predicted molar refractivity (Wildman–Crippen MR) is 77.2 cm³/mol. The van der Waals surface area contributed by atoms with Crippen LogP contribution in [-0.4, -0.2) is 33.3 Å². The van der Waals surface area contributed by atoms with Gasteiger partial charge < -0.3 is 10.6 Å². The fourth-order valence-corrected chi connectivity index (χ4v) is 2.90. The number of sulfonamides is 1. The predicted octanol–water partition coefficient (Wildman–Crippen LogP) is -0.238. The van der Waals surface area contributed by atoms with Crippen LogP contribution in [0, 0.1) is 0 Å². The first kappa shape index (κ1) is 15.2. The number of anilines is 1. The van der Waals surface area contributed by atoms with E-state index in [0.717, 1.165) is 0 Å². The van der Waals surface area contributed by atoms with E-state index in [9.17, 15) is 18.0 Å². The average Bonchev–Trinajstić information content (AvgIpc) is 2.82. The van der Waals surface area contributed by atoms with Crippen molar-refractivity contribution in [3.8, 4) is 0 Å². The summed E-state index contributed by atoms with van der Waals surface area (Å²) in [6.07, 6.45) is 1.65. The zero-order valence-corrected chi connectivity index (χ0v) is 12.0. The Morgan fingerprint density at radius 3 is 2.90 bits per heavy atom. The monoisotopic (exact) mass is 309 g/mol. The van der Waals surface area contributed by atoms with Crippen molar-refractivity contribution in [3.63, 3.8) is 0 Å². The molecule has 2 amide bonds. The van der Waals surface area contributed by atoms with E-state index < -0.39 is 15.9 Å². The largest absolute Gasteiger partial charge is 0.352 e. The van der Waals surface area contributed by atoms with Crippen molar-refractivity contribution in [2.24, 2.45) is 0 Å². The summed E-state index contributed by atoms with van der Waals surface area (Å²) in [7, 11) is -3.80. The number of benzene rings is 1. The molecule has 21 heavy (non-hydrogen) atoms. The molecule has 1 heterocycles. The van der Waals surface area contributed by atoms with Crippen molar-refractivity contribution in [3.05, 3.63) is 36.4 Å². The summed E-state index contributed by atoms with van der Waals surface area (Å²) in [5.41, 5.74) is 1.24. The lowest BCUT2D eigenvalue weighted by Gasteiger charge is -2.08. The Morgan fingerprint density at radius 2 is 2.19 bits per heavy atom. The van der Waals surface area contributed by atoms with E-state index in [0.29, 0.717) is 11.3 Å². The summed E-state index contributed by atoms with van der Waals surface area (Å²) >= 11 is 0. The molecule has 1 aliphatic heterocycles. The molecule has 0 fully saturated rings. The summed E-state index contributed by atoms with van der Waals surface area (Å²) in [4.78, 5) is 22.6. The molecule has 8 heteroatoms. The van der Waals surface area contributed by atoms with Gasteiger partial charge in [-0.15, -0.1) is 6.58 Å². The van der Waals surface area contributed by atoms with Crippen LogP contribution in [0.2, 0.25) is 0 Å².